The predicted octanol–water partition coefficient (Wildman–Crippen LogP) is 4.78. The first-order valence-electron chi connectivity index (χ1n) is 5.39. The monoisotopic (exact) mass is 350 g/mol. The van der Waals surface area contributed by atoms with Gasteiger partial charge in [-0.15, -0.1) is 6.42 Å². The summed E-state index contributed by atoms with van der Waals surface area (Å²) in [6.07, 6.45) is 6.68. The van der Waals surface area contributed by atoms with Crippen LogP contribution in [0, 0.1) is 12.3 Å². The minimum atomic E-state index is -0.396. The lowest BCUT2D eigenvalue weighted by Crippen LogP contribution is -2.35. The molecule has 7 heteroatoms. The molecular formula is C13H10Cl4N2O. The lowest BCUT2D eigenvalue weighted by molar-refractivity contribution is 0.222. The molecule has 0 fully saturated rings. The summed E-state index contributed by atoms with van der Waals surface area (Å²) in [5, 5.41) is 3.40. The Labute approximate surface area is 137 Å². The summed E-state index contributed by atoms with van der Waals surface area (Å²) in [6.45, 7) is 0.310. The van der Waals surface area contributed by atoms with Gasteiger partial charge in [-0.25, -0.2) is 4.79 Å². The van der Waals surface area contributed by atoms with Crippen molar-refractivity contribution in [3.05, 3.63) is 38.8 Å². The number of carbonyl (C=O) groups is 1. The van der Waals surface area contributed by atoms with Gasteiger partial charge in [-0.05, 0) is 24.3 Å². The largest absolute Gasteiger partial charge is 0.322 e. The Bertz CT molecular complexity index is 562. The van der Waals surface area contributed by atoms with Gasteiger partial charge in [-0.3, -0.25) is 0 Å². The molecular weight excluding hydrogens is 342 g/mol. The molecule has 0 atom stereocenters. The van der Waals surface area contributed by atoms with Crippen LogP contribution in [0.1, 0.15) is 0 Å². The van der Waals surface area contributed by atoms with E-state index in [1.165, 1.54) is 11.0 Å². The van der Waals surface area contributed by atoms with Crippen molar-refractivity contribution in [1.29, 1.82) is 0 Å². The van der Waals surface area contributed by atoms with Crippen molar-refractivity contribution in [2.24, 2.45) is 0 Å². The molecule has 0 radical (unpaired) electrons. The number of nitrogens with zero attached hydrogens (tertiary/aromatic N) is 1. The second kappa shape index (κ2) is 8.28. The van der Waals surface area contributed by atoms with Crippen LogP contribution in [-0.4, -0.2) is 24.0 Å². The van der Waals surface area contributed by atoms with E-state index >= 15 is 0 Å². The minimum absolute atomic E-state index is 0.0642. The van der Waals surface area contributed by atoms with Crippen LogP contribution in [0.25, 0.3) is 0 Å². The summed E-state index contributed by atoms with van der Waals surface area (Å²) >= 11 is 22.7. The van der Waals surface area contributed by atoms with Crippen molar-refractivity contribution in [1.82, 2.24) is 4.90 Å². The fourth-order valence-electron chi connectivity index (χ4n) is 1.29. The Morgan fingerprint density at radius 1 is 1.35 bits per heavy atom. The van der Waals surface area contributed by atoms with Gasteiger partial charge in [-0.2, -0.15) is 0 Å². The molecule has 2 amide bonds. The molecule has 0 heterocycles. The van der Waals surface area contributed by atoms with Gasteiger partial charge in [0.05, 0.1) is 16.6 Å². The van der Waals surface area contributed by atoms with Crippen molar-refractivity contribution in [2.45, 2.75) is 0 Å². The van der Waals surface area contributed by atoms with Gasteiger partial charge in [0.2, 0.25) is 0 Å². The highest BCUT2D eigenvalue weighted by atomic mass is 35.5. The number of benzene rings is 1. The fraction of sp³-hybridized carbons (Fsp3) is 0.154. The van der Waals surface area contributed by atoms with Gasteiger partial charge in [0.15, 0.2) is 0 Å². The molecule has 0 saturated carbocycles. The average molecular weight is 352 g/mol. The quantitative estimate of drug-likeness (QED) is 0.778. The van der Waals surface area contributed by atoms with Gasteiger partial charge in [-0.1, -0.05) is 52.3 Å². The van der Waals surface area contributed by atoms with Crippen LogP contribution in [0.2, 0.25) is 10.0 Å². The molecule has 20 heavy (non-hydrogen) atoms. The molecule has 0 aliphatic heterocycles. The Hall–Kier alpha value is -1.05. The number of nitrogens with one attached hydrogen (secondary N) is 1. The smallest absolute Gasteiger partial charge is 0.310 e. The first-order chi connectivity index (χ1) is 9.43. The van der Waals surface area contributed by atoms with Crippen LogP contribution < -0.4 is 5.32 Å². The van der Waals surface area contributed by atoms with Gasteiger partial charge in [0, 0.05) is 12.2 Å². The molecule has 1 aromatic rings. The number of anilines is 1. The molecule has 1 rings (SSSR count). The molecule has 0 aliphatic rings. The number of halogens is 4. The maximum absolute atomic E-state index is 12.0. The zero-order chi connectivity index (χ0) is 15.1. The Kier molecular flexibility index (Phi) is 7.04. The minimum Gasteiger partial charge on any atom is -0.310 e. The SMILES string of the molecule is C#CCN(CC=C(Cl)Cl)C(=O)Nc1ccc(Cl)c(Cl)c1. The second-order valence-electron chi connectivity index (χ2n) is 3.64. The standard InChI is InChI=1S/C13H10Cl4N2O/c1-2-6-19(7-5-12(16)17)13(20)18-9-3-4-10(14)11(15)8-9/h1,3-5,8H,6-7H2,(H,18,20). The van der Waals surface area contributed by atoms with Gasteiger partial charge in [0.1, 0.15) is 4.49 Å². The van der Waals surface area contributed by atoms with E-state index in [0.29, 0.717) is 15.7 Å². The molecule has 0 spiro atoms. The molecule has 1 aromatic carbocycles. The van der Waals surface area contributed by atoms with E-state index in [9.17, 15) is 4.79 Å². The Balaban J connectivity index is 2.77. The number of hydrogen-bond donors (Lipinski definition) is 1. The topological polar surface area (TPSA) is 32.3 Å². The first kappa shape index (κ1) is 17.0. The molecule has 0 unspecified atom stereocenters. The van der Waals surface area contributed by atoms with Crippen LogP contribution in [0.15, 0.2) is 28.8 Å². The van der Waals surface area contributed by atoms with E-state index in [1.807, 2.05) is 0 Å². The van der Waals surface area contributed by atoms with Crippen molar-refractivity contribution in [2.75, 3.05) is 18.4 Å². The van der Waals surface area contributed by atoms with Crippen LogP contribution >= 0.6 is 46.4 Å². The third-order valence-corrected chi connectivity index (χ3v) is 3.25. The van der Waals surface area contributed by atoms with E-state index in [4.69, 9.17) is 52.8 Å². The number of carbonyl (C=O) groups excluding carboxylic acids is 1. The normalized spacial score (nSPS) is 9.55. The van der Waals surface area contributed by atoms with E-state index in [1.54, 1.807) is 18.2 Å². The molecule has 0 bridgehead atoms. The van der Waals surface area contributed by atoms with Crippen LogP contribution in [0.4, 0.5) is 10.5 Å². The van der Waals surface area contributed by atoms with Crippen molar-refractivity contribution < 1.29 is 4.79 Å². The number of terminal acetylenes is 1. The van der Waals surface area contributed by atoms with Gasteiger partial charge < -0.3 is 10.2 Å². The molecule has 3 nitrogen and oxygen atoms in total. The summed E-state index contributed by atoms with van der Waals surface area (Å²) in [5.74, 6) is 2.38. The summed E-state index contributed by atoms with van der Waals surface area (Å²) in [4.78, 5) is 13.4. The van der Waals surface area contributed by atoms with E-state index in [-0.39, 0.29) is 17.6 Å². The summed E-state index contributed by atoms with van der Waals surface area (Å²) < 4.78 is 0.0642. The highest BCUT2D eigenvalue weighted by Crippen LogP contribution is 2.25. The fourth-order valence-corrected chi connectivity index (χ4v) is 1.72. The second-order valence-corrected chi connectivity index (χ2v) is 5.46. The van der Waals surface area contributed by atoms with Crippen LogP contribution in [0.5, 0.6) is 0 Å². The Morgan fingerprint density at radius 3 is 2.60 bits per heavy atom. The van der Waals surface area contributed by atoms with Crippen molar-refractivity contribution >= 4 is 58.1 Å². The third-order valence-electron chi connectivity index (χ3n) is 2.21. The van der Waals surface area contributed by atoms with Crippen LogP contribution in [0.3, 0.4) is 0 Å². The molecule has 1 N–H and O–H groups in total. The number of amides is 2. The van der Waals surface area contributed by atoms with Gasteiger partial charge >= 0.3 is 6.03 Å². The number of rotatable bonds is 4. The third kappa shape index (κ3) is 5.52. The Morgan fingerprint density at radius 2 is 2.05 bits per heavy atom. The lowest BCUT2D eigenvalue weighted by Gasteiger charge is -2.19. The molecule has 106 valence electrons. The lowest BCUT2D eigenvalue weighted by atomic mass is 10.3. The highest BCUT2D eigenvalue weighted by Gasteiger charge is 2.12. The van der Waals surface area contributed by atoms with Crippen LogP contribution in [-0.2, 0) is 0 Å². The predicted molar refractivity (Wildman–Crippen MR) is 85.7 cm³/mol. The summed E-state index contributed by atoms with van der Waals surface area (Å²) in [5.41, 5.74) is 0.507. The van der Waals surface area contributed by atoms with E-state index < -0.39 is 6.03 Å². The molecule has 0 saturated heterocycles. The number of urea groups is 1. The average Bonchev–Trinajstić information content (AvgIpc) is 2.38. The zero-order valence-electron chi connectivity index (χ0n) is 10.2. The molecule has 0 aliphatic carbocycles. The first-order valence-corrected chi connectivity index (χ1v) is 6.91. The maximum atomic E-state index is 12.0. The van der Waals surface area contributed by atoms with Crippen molar-refractivity contribution in [3.8, 4) is 12.3 Å². The highest BCUT2D eigenvalue weighted by molar-refractivity contribution is 6.55. The maximum Gasteiger partial charge on any atom is 0.322 e. The number of hydrogen-bond acceptors (Lipinski definition) is 1. The van der Waals surface area contributed by atoms with Gasteiger partial charge in [0.25, 0.3) is 0 Å². The summed E-state index contributed by atoms with van der Waals surface area (Å²) in [7, 11) is 0. The van der Waals surface area contributed by atoms with Crippen molar-refractivity contribution in [3.63, 3.8) is 0 Å². The zero-order valence-corrected chi connectivity index (χ0v) is 13.2. The summed E-state index contributed by atoms with van der Waals surface area (Å²) in [6, 6.07) is 4.36. The van der Waals surface area contributed by atoms with E-state index in [2.05, 4.69) is 11.2 Å². The molecule has 0 aromatic heterocycles. The van der Waals surface area contributed by atoms with E-state index in [0.717, 1.165) is 0 Å².